The smallest absolute Gasteiger partial charge is 0.231 e. The molecule has 0 aliphatic rings. The Balaban J connectivity index is 0.000000478. The van der Waals surface area contributed by atoms with Gasteiger partial charge >= 0.3 is 0 Å². The second kappa shape index (κ2) is 14.0. The number of anilines is 1. The Labute approximate surface area is 167 Å². The number of nitrogens with one attached hydrogen (secondary N) is 1. The molecule has 28 heavy (non-hydrogen) atoms. The summed E-state index contributed by atoms with van der Waals surface area (Å²) < 4.78 is 0. The molecule has 0 aliphatic carbocycles. The first-order valence-electron chi connectivity index (χ1n) is 9.32. The summed E-state index contributed by atoms with van der Waals surface area (Å²) in [6.45, 7) is 8.72. The zero-order chi connectivity index (χ0) is 21.5. The first-order chi connectivity index (χ1) is 13.3. The number of rotatable bonds is 6. The second-order valence-corrected chi connectivity index (χ2v) is 5.70. The van der Waals surface area contributed by atoms with E-state index in [4.69, 9.17) is 0 Å². The van der Waals surface area contributed by atoms with Crippen molar-refractivity contribution in [1.29, 1.82) is 0 Å². The molecule has 0 saturated carbocycles. The summed E-state index contributed by atoms with van der Waals surface area (Å²) in [5, 5.41) is 2.61. The maximum Gasteiger partial charge on any atom is 0.231 e. The van der Waals surface area contributed by atoms with Gasteiger partial charge in [-0.2, -0.15) is 0 Å². The van der Waals surface area contributed by atoms with Gasteiger partial charge in [0.1, 0.15) is 5.78 Å². The number of carbonyl (C=O) groups excluding carboxylic acids is 4. The number of amides is 1. The first-order valence-corrected chi connectivity index (χ1v) is 9.32. The van der Waals surface area contributed by atoms with Gasteiger partial charge in [0.05, 0.1) is 6.42 Å². The van der Waals surface area contributed by atoms with E-state index in [9.17, 15) is 19.2 Å². The molecule has 0 aromatic heterocycles. The molecule has 5 nitrogen and oxygen atoms in total. The number of ketones is 3. The molecule has 0 spiro atoms. The topological polar surface area (TPSA) is 80.3 Å². The number of benzene rings is 2. The minimum atomic E-state index is -0.265. The number of hydrogen-bond donors (Lipinski definition) is 1. The van der Waals surface area contributed by atoms with E-state index >= 15 is 0 Å². The molecule has 0 bridgehead atoms. The lowest BCUT2D eigenvalue weighted by atomic mass is 10.1. The van der Waals surface area contributed by atoms with Crippen molar-refractivity contribution in [2.24, 2.45) is 0 Å². The van der Waals surface area contributed by atoms with Gasteiger partial charge in [0.15, 0.2) is 11.6 Å². The lowest BCUT2D eigenvalue weighted by molar-refractivity contribution is -0.124. The van der Waals surface area contributed by atoms with Gasteiger partial charge in [-0.15, -0.1) is 0 Å². The summed E-state index contributed by atoms with van der Waals surface area (Å²) in [7, 11) is 0. The maximum absolute atomic E-state index is 11.2. The van der Waals surface area contributed by atoms with Crippen LogP contribution in [0.4, 0.5) is 5.69 Å². The van der Waals surface area contributed by atoms with Crippen LogP contribution < -0.4 is 5.32 Å². The fourth-order valence-corrected chi connectivity index (χ4v) is 2.05. The molecule has 1 amide bonds. The molecular weight excluding hydrogens is 354 g/mol. The summed E-state index contributed by atoms with van der Waals surface area (Å²) in [5.74, 6) is -0.266. The fraction of sp³-hybridized carbons (Fsp3) is 0.304. The van der Waals surface area contributed by atoms with Crippen molar-refractivity contribution in [2.45, 2.75) is 47.5 Å². The Hall–Kier alpha value is -3.08. The van der Waals surface area contributed by atoms with Gasteiger partial charge in [-0.05, 0) is 26.0 Å². The zero-order valence-electron chi connectivity index (χ0n) is 17.2. The Morgan fingerprint density at radius 3 is 1.71 bits per heavy atom. The van der Waals surface area contributed by atoms with Gasteiger partial charge in [-0.25, -0.2) is 0 Å². The molecule has 0 atom stereocenters. The lowest BCUT2D eigenvalue weighted by Crippen LogP contribution is -2.14. The minimum absolute atomic E-state index is 0.0236. The second-order valence-electron chi connectivity index (χ2n) is 5.70. The average Bonchev–Trinajstić information content (AvgIpc) is 2.69. The molecule has 0 heterocycles. The monoisotopic (exact) mass is 383 g/mol. The highest BCUT2D eigenvalue weighted by molar-refractivity contribution is 6.03. The zero-order valence-corrected chi connectivity index (χ0v) is 17.2. The molecule has 0 saturated heterocycles. The predicted octanol–water partition coefficient (Wildman–Crippen LogP) is 5.11. The third kappa shape index (κ3) is 10.2. The highest BCUT2D eigenvalue weighted by Crippen LogP contribution is 2.07. The fourth-order valence-electron chi connectivity index (χ4n) is 2.05. The van der Waals surface area contributed by atoms with Gasteiger partial charge in [0.25, 0.3) is 0 Å². The number of Topliss-reactive ketones (excluding diaryl/α,β-unsaturated/α-hetero) is 3. The minimum Gasteiger partial charge on any atom is -0.326 e. The van der Waals surface area contributed by atoms with Gasteiger partial charge in [0, 0.05) is 23.2 Å². The highest BCUT2D eigenvalue weighted by Gasteiger charge is 2.04. The molecule has 2 rings (SSSR count). The highest BCUT2D eigenvalue weighted by atomic mass is 16.2. The molecule has 5 heteroatoms. The van der Waals surface area contributed by atoms with Crippen molar-refractivity contribution in [3.05, 3.63) is 65.7 Å². The van der Waals surface area contributed by atoms with Crippen molar-refractivity contribution >= 4 is 28.9 Å². The van der Waals surface area contributed by atoms with Gasteiger partial charge in [-0.1, -0.05) is 63.2 Å². The van der Waals surface area contributed by atoms with Gasteiger partial charge in [0.2, 0.25) is 5.91 Å². The number of para-hydroxylation sites is 1. The van der Waals surface area contributed by atoms with E-state index in [0.717, 1.165) is 0 Å². The van der Waals surface area contributed by atoms with Crippen LogP contribution in [0.15, 0.2) is 54.6 Å². The van der Waals surface area contributed by atoms with Crippen molar-refractivity contribution in [3.8, 4) is 0 Å². The van der Waals surface area contributed by atoms with Crippen LogP contribution in [0.2, 0.25) is 0 Å². The maximum atomic E-state index is 11.2. The number of hydrogen-bond acceptors (Lipinski definition) is 4. The molecule has 0 aliphatic heterocycles. The van der Waals surface area contributed by atoms with Crippen LogP contribution in [0.1, 0.15) is 68.2 Å². The predicted molar refractivity (Wildman–Crippen MR) is 113 cm³/mol. The molecule has 2 aromatic rings. The van der Waals surface area contributed by atoms with E-state index in [2.05, 4.69) is 5.32 Å². The Morgan fingerprint density at radius 2 is 1.29 bits per heavy atom. The standard InChI is InChI=1S/C11H12O2.C10H11NO2.C2H6/c1-3-11(13)10-6-4-9(5-7-10)8(2)12;1-8(12)7-10(13)11-9-5-3-2-4-6-9;1-2/h4-7H,3H2,1-2H3;2-6H,7H2,1H3,(H,11,13);1-2H3. The third-order valence-electron chi connectivity index (χ3n) is 3.40. The normalized spacial score (nSPS) is 9.04. The molecule has 0 fully saturated rings. The van der Waals surface area contributed by atoms with Crippen LogP contribution in [-0.4, -0.2) is 23.3 Å². The Morgan fingerprint density at radius 1 is 0.786 bits per heavy atom. The molecule has 1 N–H and O–H groups in total. The number of carbonyl (C=O) groups is 4. The van der Waals surface area contributed by atoms with E-state index < -0.39 is 0 Å². The largest absolute Gasteiger partial charge is 0.326 e. The van der Waals surface area contributed by atoms with Crippen molar-refractivity contribution in [1.82, 2.24) is 0 Å². The Bertz CT molecular complexity index is 765. The first kappa shape index (κ1) is 24.9. The lowest BCUT2D eigenvalue weighted by Gasteiger charge is -2.01. The molecule has 150 valence electrons. The molecule has 0 radical (unpaired) electrons. The third-order valence-corrected chi connectivity index (χ3v) is 3.40. The van der Waals surface area contributed by atoms with Crippen molar-refractivity contribution < 1.29 is 19.2 Å². The van der Waals surface area contributed by atoms with Gasteiger partial charge < -0.3 is 5.32 Å². The summed E-state index contributed by atoms with van der Waals surface area (Å²) in [5.41, 5.74) is 2.04. The van der Waals surface area contributed by atoms with Crippen molar-refractivity contribution in [3.63, 3.8) is 0 Å². The van der Waals surface area contributed by atoms with E-state index in [1.54, 1.807) is 36.4 Å². The van der Waals surface area contributed by atoms with E-state index in [-0.39, 0.29) is 29.7 Å². The van der Waals surface area contributed by atoms with Crippen LogP contribution in [0.25, 0.3) is 0 Å². The molecular formula is C23H29NO4. The van der Waals surface area contributed by atoms with E-state index in [1.807, 2.05) is 39.0 Å². The van der Waals surface area contributed by atoms with Crippen LogP contribution in [0, 0.1) is 0 Å². The van der Waals surface area contributed by atoms with Crippen molar-refractivity contribution in [2.75, 3.05) is 5.32 Å². The summed E-state index contributed by atoms with van der Waals surface area (Å²) in [4.78, 5) is 43.8. The quantitative estimate of drug-likeness (QED) is 0.555. The van der Waals surface area contributed by atoms with Crippen LogP contribution in [0.3, 0.4) is 0 Å². The van der Waals surface area contributed by atoms with E-state index in [0.29, 0.717) is 23.2 Å². The van der Waals surface area contributed by atoms with Gasteiger partial charge in [-0.3, -0.25) is 19.2 Å². The van der Waals surface area contributed by atoms with Crippen LogP contribution in [0.5, 0.6) is 0 Å². The molecule has 2 aromatic carbocycles. The SMILES string of the molecule is CC.CC(=O)CC(=O)Nc1ccccc1.CCC(=O)c1ccc(C(C)=O)cc1. The van der Waals surface area contributed by atoms with E-state index in [1.165, 1.54) is 13.8 Å². The van der Waals surface area contributed by atoms with Crippen LogP contribution in [-0.2, 0) is 9.59 Å². The Kier molecular flexibility index (Phi) is 12.5. The molecule has 0 unspecified atom stereocenters. The summed E-state index contributed by atoms with van der Waals surface area (Å²) in [6.07, 6.45) is 0.439. The van der Waals surface area contributed by atoms with Crippen LogP contribution >= 0.6 is 0 Å². The average molecular weight is 383 g/mol. The summed E-state index contributed by atoms with van der Waals surface area (Å²) >= 11 is 0. The summed E-state index contributed by atoms with van der Waals surface area (Å²) in [6, 6.07) is 15.8.